The maximum atomic E-state index is 12.7. The van der Waals surface area contributed by atoms with Gasteiger partial charge in [0.25, 0.3) is 5.91 Å². The Balaban J connectivity index is 1.67. The minimum atomic E-state index is -3.11. The molecule has 2 aromatic rings. The first-order valence-electron chi connectivity index (χ1n) is 9.00. The van der Waals surface area contributed by atoms with Gasteiger partial charge in [0.1, 0.15) is 0 Å². The molecule has 0 unspecified atom stereocenters. The van der Waals surface area contributed by atoms with Gasteiger partial charge in [-0.15, -0.1) is 0 Å². The van der Waals surface area contributed by atoms with Crippen molar-refractivity contribution in [2.24, 2.45) is 5.92 Å². The highest BCUT2D eigenvalue weighted by molar-refractivity contribution is 7.91. The van der Waals surface area contributed by atoms with Crippen molar-refractivity contribution >= 4 is 32.6 Å². The van der Waals surface area contributed by atoms with Crippen molar-refractivity contribution in [3.63, 3.8) is 0 Å². The summed E-state index contributed by atoms with van der Waals surface area (Å²) in [5.74, 6) is -0.693. The average Bonchev–Trinajstić information content (AvgIpc) is 3.20. The molecule has 0 bridgehead atoms. The Bertz CT molecular complexity index is 948. The van der Waals surface area contributed by atoms with Gasteiger partial charge >= 0.3 is 5.97 Å². The normalized spacial score (nSPS) is 18.7. The van der Waals surface area contributed by atoms with Crippen molar-refractivity contribution in [2.75, 3.05) is 24.7 Å². The van der Waals surface area contributed by atoms with Gasteiger partial charge in [-0.1, -0.05) is 32.0 Å². The number of nitrogens with one attached hydrogen (secondary N) is 1. The number of H-pyrrole nitrogens is 1. The fraction of sp³-hybridized carbons (Fsp3) is 0.474. The number of carbonyl (C=O) groups excluding carboxylic acids is 2. The first-order chi connectivity index (χ1) is 12.8. The zero-order valence-electron chi connectivity index (χ0n) is 15.5. The quantitative estimate of drug-likeness (QED) is 0.759. The molecule has 1 atom stereocenters. The number of fused-ring (bicyclic) bond motifs is 1. The molecule has 3 rings (SSSR count). The van der Waals surface area contributed by atoms with Gasteiger partial charge in [0, 0.05) is 29.7 Å². The lowest BCUT2D eigenvalue weighted by Gasteiger charge is -2.29. The maximum Gasteiger partial charge on any atom is 0.340 e. The van der Waals surface area contributed by atoms with Gasteiger partial charge in [-0.05, 0) is 18.4 Å². The highest BCUT2D eigenvalue weighted by Gasteiger charge is 2.35. The van der Waals surface area contributed by atoms with E-state index in [1.807, 2.05) is 32.0 Å². The number of nitrogens with zero attached hydrogens (tertiary/aromatic N) is 1. The van der Waals surface area contributed by atoms with Crippen LogP contribution < -0.4 is 0 Å². The van der Waals surface area contributed by atoms with Crippen LogP contribution in [0.15, 0.2) is 30.5 Å². The number of benzene rings is 1. The van der Waals surface area contributed by atoms with Crippen LogP contribution in [0.1, 0.15) is 30.6 Å². The minimum Gasteiger partial charge on any atom is -0.452 e. The monoisotopic (exact) mass is 392 g/mol. The van der Waals surface area contributed by atoms with Crippen LogP contribution >= 0.6 is 0 Å². The van der Waals surface area contributed by atoms with Crippen LogP contribution in [0.3, 0.4) is 0 Å². The van der Waals surface area contributed by atoms with Crippen LogP contribution in [-0.2, 0) is 19.4 Å². The smallest absolute Gasteiger partial charge is 0.340 e. The Morgan fingerprint density at radius 2 is 2.04 bits per heavy atom. The molecule has 146 valence electrons. The highest BCUT2D eigenvalue weighted by Crippen LogP contribution is 2.21. The number of aromatic amines is 1. The van der Waals surface area contributed by atoms with E-state index >= 15 is 0 Å². The summed E-state index contributed by atoms with van der Waals surface area (Å²) in [6.45, 7) is 3.95. The summed E-state index contributed by atoms with van der Waals surface area (Å²) in [6, 6.07) is 6.98. The molecule has 1 aromatic heterocycles. The zero-order chi connectivity index (χ0) is 19.6. The Labute approximate surface area is 158 Å². The molecule has 0 radical (unpaired) electrons. The third-order valence-corrected chi connectivity index (χ3v) is 6.42. The number of rotatable bonds is 6. The molecule has 1 amide bonds. The number of para-hydroxylation sites is 1. The fourth-order valence-corrected chi connectivity index (χ4v) is 5.13. The highest BCUT2D eigenvalue weighted by atomic mass is 32.2. The molecule has 0 saturated carbocycles. The third-order valence-electron chi connectivity index (χ3n) is 4.67. The van der Waals surface area contributed by atoms with E-state index in [9.17, 15) is 18.0 Å². The summed E-state index contributed by atoms with van der Waals surface area (Å²) in [6.07, 6.45) is 1.99. The van der Waals surface area contributed by atoms with E-state index in [0.29, 0.717) is 18.5 Å². The van der Waals surface area contributed by atoms with Gasteiger partial charge in [0.2, 0.25) is 0 Å². The van der Waals surface area contributed by atoms with E-state index in [4.69, 9.17) is 4.74 Å². The van der Waals surface area contributed by atoms with Crippen molar-refractivity contribution in [1.82, 2.24) is 9.88 Å². The van der Waals surface area contributed by atoms with Crippen molar-refractivity contribution in [1.29, 1.82) is 0 Å². The molecule has 1 aliphatic heterocycles. The molecule has 1 saturated heterocycles. The van der Waals surface area contributed by atoms with Crippen molar-refractivity contribution in [3.05, 3.63) is 36.0 Å². The summed E-state index contributed by atoms with van der Waals surface area (Å²) in [4.78, 5) is 29.6. The topological polar surface area (TPSA) is 96.5 Å². The van der Waals surface area contributed by atoms with Crippen LogP contribution in [0.25, 0.3) is 10.9 Å². The Morgan fingerprint density at radius 3 is 2.70 bits per heavy atom. The number of sulfone groups is 1. The second kappa shape index (κ2) is 7.72. The first-order valence-corrected chi connectivity index (χ1v) is 10.8. The van der Waals surface area contributed by atoms with Crippen LogP contribution in [0, 0.1) is 5.92 Å². The van der Waals surface area contributed by atoms with E-state index in [0.717, 1.165) is 10.9 Å². The predicted molar refractivity (Wildman–Crippen MR) is 102 cm³/mol. The van der Waals surface area contributed by atoms with E-state index in [1.54, 1.807) is 17.2 Å². The number of esters is 1. The lowest BCUT2D eigenvalue weighted by molar-refractivity contribution is -0.137. The Hall–Kier alpha value is -2.35. The molecule has 1 fully saturated rings. The van der Waals surface area contributed by atoms with Crippen LogP contribution in [0.2, 0.25) is 0 Å². The second-order valence-corrected chi connectivity index (χ2v) is 9.55. The zero-order valence-corrected chi connectivity index (χ0v) is 16.3. The van der Waals surface area contributed by atoms with Gasteiger partial charge in [-0.3, -0.25) is 4.79 Å². The van der Waals surface area contributed by atoms with Crippen molar-refractivity contribution < 1.29 is 22.7 Å². The lowest BCUT2D eigenvalue weighted by atomic mass is 10.1. The van der Waals surface area contributed by atoms with Gasteiger partial charge in [0.15, 0.2) is 16.4 Å². The molecule has 0 aliphatic carbocycles. The van der Waals surface area contributed by atoms with E-state index in [1.165, 1.54) is 0 Å². The van der Waals surface area contributed by atoms with E-state index in [2.05, 4.69) is 4.98 Å². The van der Waals surface area contributed by atoms with Crippen molar-refractivity contribution in [2.45, 2.75) is 26.3 Å². The number of ether oxygens (including phenoxy) is 1. The third kappa shape index (κ3) is 4.50. The summed E-state index contributed by atoms with van der Waals surface area (Å²) in [7, 11) is -3.11. The van der Waals surface area contributed by atoms with Crippen LogP contribution in [0.4, 0.5) is 0 Å². The Kier molecular flexibility index (Phi) is 5.55. The number of amides is 1. The minimum absolute atomic E-state index is 0.0259. The van der Waals surface area contributed by atoms with Gasteiger partial charge in [-0.2, -0.15) is 0 Å². The maximum absolute atomic E-state index is 12.7. The van der Waals surface area contributed by atoms with Crippen LogP contribution in [-0.4, -0.2) is 60.9 Å². The number of aromatic nitrogens is 1. The Morgan fingerprint density at radius 1 is 1.30 bits per heavy atom. The van der Waals surface area contributed by atoms with Crippen LogP contribution in [0.5, 0.6) is 0 Å². The summed E-state index contributed by atoms with van der Waals surface area (Å²) < 4.78 is 28.8. The summed E-state index contributed by atoms with van der Waals surface area (Å²) >= 11 is 0. The first kappa shape index (κ1) is 19.4. The van der Waals surface area contributed by atoms with Gasteiger partial charge in [0.05, 0.1) is 17.1 Å². The molecule has 1 aliphatic rings. The molecule has 8 heteroatoms. The molecule has 1 N–H and O–H groups in total. The average molecular weight is 392 g/mol. The standard InChI is InChI=1S/C19H24N2O5S/c1-13(2)10-21(14-7-8-27(24,25)12-14)18(22)11-26-19(23)16-9-20-17-6-4-3-5-15(16)17/h3-6,9,13-14,20H,7-8,10-12H2,1-2H3/t14-/m1/s1. The number of hydrogen-bond donors (Lipinski definition) is 1. The lowest BCUT2D eigenvalue weighted by Crippen LogP contribution is -2.45. The van der Waals surface area contributed by atoms with Gasteiger partial charge in [-0.25, -0.2) is 13.2 Å². The molecule has 27 heavy (non-hydrogen) atoms. The molecular weight excluding hydrogens is 368 g/mol. The number of hydrogen-bond acceptors (Lipinski definition) is 5. The number of carbonyl (C=O) groups is 2. The summed E-state index contributed by atoms with van der Waals surface area (Å²) in [5.41, 5.74) is 1.19. The molecular formula is C19H24N2O5S. The molecule has 7 nitrogen and oxygen atoms in total. The van der Waals surface area contributed by atoms with Crippen molar-refractivity contribution in [3.8, 4) is 0 Å². The van der Waals surface area contributed by atoms with E-state index < -0.39 is 22.4 Å². The van der Waals surface area contributed by atoms with E-state index in [-0.39, 0.29) is 29.4 Å². The fourth-order valence-electron chi connectivity index (χ4n) is 3.40. The molecule has 1 aromatic carbocycles. The summed E-state index contributed by atoms with van der Waals surface area (Å²) in [5, 5.41) is 0.732. The molecule has 0 spiro atoms. The van der Waals surface area contributed by atoms with Gasteiger partial charge < -0.3 is 14.6 Å². The molecule has 2 heterocycles. The SMILES string of the molecule is CC(C)CN(C(=O)COC(=O)c1c[nH]c2ccccc12)[C@@H]1CCS(=O)(=O)C1. The predicted octanol–water partition coefficient (Wildman–Crippen LogP) is 2.00. The second-order valence-electron chi connectivity index (χ2n) is 7.32. The largest absolute Gasteiger partial charge is 0.452 e.